The summed E-state index contributed by atoms with van der Waals surface area (Å²) in [6, 6.07) is 20.6. The number of benzene rings is 3. The second-order valence-corrected chi connectivity index (χ2v) is 8.37. The first-order valence-electron chi connectivity index (χ1n) is 10.5. The number of ether oxygens (including phenoxy) is 1. The quantitative estimate of drug-likeness (QED) is 0.161. The Morgan fingerprint density at radius 3 is 2.75 bits per heavy atom. The van der Waals surface area contributed by atoms with E-state index >= 15 is 0 Å². The van der Waals surface area contributed by atoms with Crippen LogP contribution < -0.4 is 10.3 Å². The number of rotatable bonds is 6. The summed E-state index contributed by atoms with van der Waals surface area (Å²) in [4.78, 5) is 28.9. The predicted octanol–water partition coefficient (Wildman–Crippen LogP) is 5.26. The molecule has 0 saturated carbocycles. The van der Waals surface area contributed by atoms with E-state index in [-0.39, 0.29) is 28.3 Å². The molecule has 10 nitrogen and oxygen atoms in total. The first-order valence-corrected chi connectivity index (χ1v) is 11.3. The standard InChI is InChI=1S/C25H14BrN5O5/c26-18-11-15(12-20(31(33)34)23(18)35-10-9-27)14-28-30-24(22-13-16-5-1-4-8-21(16)36-22)29-19-7-3-2-6-17(19)25(30)32/h1-8,11-14H,10H2. The van der Waals surface area contributed by atoms with E-state index in [1.807, 2.05) is 18.2 Å². The maximum absolute atomic E-state index is 13.4. The Kier molecular flexibility index (Phi) is 6.02. The van der Waals surface area contributed by atoms with Crippen LogP contribution in [-0.2, 0) is 0 Å². The van der Waals surface area contributed by atoms with Crippen molar-refractivity contribution in [1.29, 1.82) is 5.26 Å². The van der Waals surface area contributed by atoms with Crippen molar-refractivity contribution >= 4 is 49.7 Å². The number of nitrogens with zero attached hydrogens (tertiary/aromatic N) is 5. The normalized spacial score (nSPS) is 11.2. The lowest BCUT2D eigenvalue weighted by Crippen LogP contribution is -2.20. The lowest BCUT2D eigenvalue weighted by molar-refractivity contribution is -0.385. The van der Waals surface area contributed by atoms with Gasteiger partial charge in [0, 0.05) is 17.0 Å². The molecule has 36 heavy (non-hydrogen) atoms. The van der Waals surface area contributed by atoms with Gasteiger partial charge in [-0.3, -0.25) is 14.9 Å². The number of para-hydroxylation sites is 2. The third-order valence-corrected chi connectivity index (χ3v) is 5.84. The van der Waals surface area contributed by atoms with Crippen LogP contribution in [0.1, 0.15) is 5.56 Å². The Morgan fingerprint density at radius 1 is 1.19 bits per heavy atom. The van der Waals surface area contributed by atoms with Crippen LogP contribution in [0.2, 0.25) is 0 Å². The van der Waals surface area contributed by atoms with Gasteiger partial charge in [0.15, 0.2) is 12.4 Å². The number of hydrogen-bond donors (Lipinski definition) is 0. The number of aromatic nitrogens is 2. The molecule has 0 radical (unpaired) electrons. The first-order chi connectivity index (χ1) is 17.5. The number of nitro benzene ring substituents is 1. The Labute approximate surface area is 211 Å². The van der Waals surface area contributed by atoms with Crippen molar-refractivity contribution in [2.45, 2.75) is 0 Å². The molecule has 5 aromatic rings. The van der Waals surface area contributed by atoms with Gasteiger partial charge >= 0.3 is 5.69 Å². The molecule has 176 valence electrons. The summed E-state index contributed by atoms with van der Waals surface area (Å²) >= 11 is 3.24. The third-order valence-electron chi connectivity index (χ3n) is 5.25. The van der Waals surface area contributed by atoms with Gasteiger partial charge in [-0.2, -0.15) is 15.0 Å². The van der Waals surface area contributed by atoms with Gasteiger partial charge in [0.25, 0.3) is 5.56 Å². The molecule has 2 aromatic heterocycles. The lowest BCUT2D eigenvalue weighted by atomic mass is 10.2. The van der Waals surface area contributed by atoms with Gasteiger partial charge in [-0.25, -0.2) is 4.98 Å². The van der Waals surface area contributed by atoms with Crippen molar-refractivity contribution < 1.29 is 14.1 Å². The van der Waals surface area contributed by atoms with Crippen LogP contribution in [0, 0.1) is 21.4 Å². The SMILES string of the molecule is N#CCOc1c(Br)cc(C=Nn2c(-c3cc4ccccc4o3)nc3ccccc3c2=O)cc1[N+](=O)[O-]. The highest BCUT2D eigenvalue weighted by Crippen LogP contribution is 2.36. The first kappa shape index (κ1) is 22.9. The summed E-state index contributed by atoms with van der Waals surface area (Å²) in [5.41, 5.74) is 0.616. The fraction of sp³-hybridized carbons (Fsp3) is 0.0400. The van der Waals surface area contributed by atoms with Crippen molar-refractivity contribution in [3.8, 4) is 23.4 Å². The van der Waals surface area contributed by atoms with Crippen LogP contribution in [0.3, 0.4) is 0 Å². The zero-order chi connectivity index (χ0) is 25.2. The average molecular weight is 544 g/mol. The van der Waals surface area contributed by atoms with E-state index in [0.717, 1.165) is 10.1 Å². The monoisotopic (exact) mass is 543 g/mol. The van der Waals surface area contributed by atoms with E-state index in [4.69, 9.17) is 14.4 Å². The number of nitro groups is 1. The Morgan fingerprint density at radius 2 is 1.97 bits per heavy atom. The molecule has 0 N–H and O–H groups in total. The lowest BCUT2D eigenvalue weighted by Gasteiger charge is -2.08. The second kappa shape index (κ2) is 9.44. The predicted molar refractivity (Wildman–Crippen MR) is 136 cm³/mol. The minimum Gasteiger partial charge on any atom is -0.471 e. The molecule has 2 heterocycles. The molecule has 0 aliphatic carbocycles. The Bertz CT molecular complexity index is 1750. The molecule has 11 heteroatoms. The Balaban J connectivity index is 1.67. The highest BCUT2D eigenvalue weighted by molar-refractivity contribution is 9.10. The summed E-state index contributed by atoms with van der Waals surface area (Å²) in [7, 11) is 0. The molecule has 0 saturated heterocycles. The van der Waals surface area contributed by atoms with Gasteiger partial charge in [-0.05, 0) is 46.3 Å². The molecule has 0 aliphatic rings. The van der Waals surface area contributed by atoms with Crippen LogP contribution in [0.15, 0.2) is 85.5 Å². The Hall–Kier alpha value is -4.82. The molecule has 0 aliphatic heterocycles. The summed E-state index contributed by atoms with van der Waals surface area (Å²) < 4.78 is 12.5. The molecule has 0 atom stereocenters. The molecule has 3 aromatic carbocycles. The minimum atomic E-state index is -0.627. The second-order valence-electron chi connectivity index (χ2n) is 7.52. The highest BCUT2D eigenvalue weighted by Gasteiger charge is 2.21. The molecule has 0 bridgehead atoms. The molecule has 0 amide bonds. The number of halogens is 1. The van der Waals surface area contributed by atoms with Gasteiger partial charge in [0.05, 0.1) is 26.5 Å². The zero-order valence-electron chi connectivity index (χ0n) is 18.3. The van der Waals surface area contributed by atoms with E-state index in [1.54, 1.807) is 42.5 Å². The maximum atomic E-state index is 13.4. The van der Waals surface area contributed by atoms with Crippen molar-refractivity contribution in [2.75, 3.05) is 6.61 Å². The highest BCUT2D eigenvalue weighted by atomic mass is 79.9. The van der Waals surface area contributed by atoms with Crippen molar-refractivity contribution in [2.24, 2.45) is 5.10 Å². The van der Waals surface area contributed by atoms with E-state index < -0.39 is 10.5 Å². The van der Waals surface area contributed by atoms with Crippen LogP contribution in [-0.4, -0.2) is 27.4 Å². The van der Waals surface area contributed by atoms with Crippen LogP contribution in [0.25, 0.3) is 33.5 Å². The van der Waals surface area contributed by atoms with Gasteiger partial charge in [0.2, 0.25) is 11.6 Å². The largest absolute Gasteiger partial charge is 0.471 e. The van der Waals surface area contributed by atoms with Gasteiger partial charge in [-0.15, -0.1) is 0 Å². The smallest absolute Gasteiger partial charge is 0.312 e. The van der Waals surface area contributed by atoms with Gasteiger partial charge in [-0.1, -0.05) is 30.3 Å². The van der Waals surface area contributed by atoms with Crippen molar-refractivity contribution in [3.05, 3.63) is 97.2 Å². The fourth-order valence-electron chi connectivity index (χ4n) is 3.66. The zero-order valence-corrected chi connectivity index (χ0v) is 19.9. The third kappa shape index (κ3) is 4.21. The average Bonchev–Trinajstić information content (AvgIpc) is 3.31. The number of nitriles is 1. The molecular formula is C25H14BrN5O5. The minimum absolute atomic E-state index is 0.0776. The number of fused-ring (bicyclic) bond motifs is 2. The summed E-state index contributed by atoms with van der Waals surface area (Å²) in [6.45, 7) is -0.355. The van der Waals surface area contributed by atoms with E-state index in [9.17, 15) is 14.9 Å². The van der Waals surface area contributed by atoms with Crippen LogP contribution in [0.4, 0.5) is 5.69 Å². The fourth-order valence-corrected chi connectivity index (χ4v) is 4.25. The molecule has 0 fully saturated rings. The number of furan rings is 1. The van der Waals surface area contributed by atoms with Crippen molar-refractivity contribution in [1.82, 2.24) is 9.66 Å². The summed E-state index contributed by atoms with van der Waals surface area (Å²) in [6.07, 6.45) is 1.30. The van der Waals surface area contributed by atoms with Gasteiger partial charge < -0.3 is 9.15 Å². The number of hydrogen-bond acceptors (Lipinski definition) is 8. The van der Waals surface area contributed by atoms with E-state index in [0.29, 0.717) is 27.8 Å². The molecule has 0 unspecified atom stereocenters. The maximum Gasteiger partial charge on any atom is 0.312 e. The summed E-state index contributed by atoms with van der Waals surface area (Å²) in [5, 5.41) is 25.8. The van der Waals surface area contributed by atoms with E-state index in [1.165, 1.54) is 18.3 Å². The van der Waals surface area contributed by atoms with Gasteiger partial charge in [0.1, 0.15) is 11.7 Å². The van der Waals surface area contributed by atoms with E-state index in [2.05, 4.69) is 26.0 Å². The molecule has 5 rings (SSSR count). The molecule has 0 spiro atoms. The topological polar surface area (TPSA) is 137 Å². The van der Waals surface area contributed by atoms with Crippen LogP contribution in [0.5, 0.6) is 5.75 Å². The summed E-state index contributed by atoms with van der Waals surface area (Å²) in [5.74, 6) is 0.434. The van der Waals surface area contributed by atoms with Crippen molar-refractivity contribution in [3.63, 3.8) is 0 Å². The molecular weight excluding hydrogens is 530 g/mol. The van der Waals surface area contributed by atoms with Crippen LogP contribution >= 0.6 is 15.9 Å².